The summed E-state index contributed by atoms with van der Waals surface area (Å²) in [4.78, 5) is 0. The summed E-state index contributed by atoms with van der Waals surface area (Å²) < 4.78 is 6.13. The van der Waals surface area contributed by atoms with E-state index in [1.807, 2.05) is 12.1 Å². The zero-order valence-electron chi connectivity index (χ0n) is 9.97. The van der Waals surface area contributed by atoms with Crippen LogP contribution in [0.25, 0.3) is 0 Å². The topological polar surface area (TPSA) is 9.23 Å². The first-order valence-electron chi connectivity index (χ1n) is 6.14. The van der Waals surface area contributed by atoms with Crippen molar-refractivity contribution in [3.05, 3.63) is 65.7 Å². The lowest BCUT2D eigenvalue weighted by Gasteiger charge is -2.31. The largest absolute Gasteiger partial charge is 0.485 e. The lowest BCUT2D eigenvalue weighted by Crippen LogP contribution is -2.23. The summed E-state index contributed by atoms with van der Waals surface area (Å²) in [5.41, 5.74) is 2.60. The quantitative estimate of drug-likeness (QED) is 0.711. The molecule has 17 heavy (non-hydrogen) atoms. The highest BCUT2D eigenvalue weighted by Gasteiger charge is 2.27. The van der Waals surface area contributed by atoms with E-state index >= 15 is 0 Å². The van der Waals surface area contributed by atoms with Gasteiger partial charge in [-0.2, -0.15) is 0 Å². The van der Waals surface area contributed by atoms with E-state index in [4.69, 9.17) is 4.74 Å². The van der Waals surface area contributed by atoms with Crippen LogP contribution in [0.5, 0.6) is 5.75 Å². The summed E-state index contributed by atoms with van der Waals surface area (Å²) in [6.07, 6.45) is 1.28. The summed E-state index contributed by atoms with van der Waals surface area (Å²) in [6, 6.07) is 18.8. The molecule has 0 aliphatic carbocycles. The first kappa shape index (κ1) is 10.4. The molecule has 2 aromatic rings. The standard InChI is InChI=1S/C16H16O/c1-12-11-14-9-5-6-10-15(14)17-16(12)13-7-3-2-4-8-13/h2-10,12,16H,11H2,1H3/t12-,16+/m0/s1. The molecule has 1 aliphatic heterocycles. The first-order valence-corrected chi connectivity index (χ1v) is 6.14. The van der Waals surface area contributed by atoms with Gasteiger partial charge in [-0.15, -0.1) is 0 Å². The van der Waals surface area contributed by atoms with E-state index in [0.717, 1.165) is 12.2 Å². The Balaban J connectivity index is 1.95. The molecule has 0 fully saturated rings. The van der Waals surface area contributed by atoms with Gasteiger partial charge in [-0.25, -0.2) is 0 Å². The van der Waals surface area contributed by atoms with Gasteiger partial charge < -0.3 is 4.74 Å². The Morgan fingerprint density at radius 1 is 0.941 bits per heavy atom. The van der Waals surface area contributed by atoms with Crippen molar-refractivity contribution in [2.75, 3.05) is 0 Å². The van der Waals surface area contributed by atoms with E-state index < -0.39 is 0 Å². The summed E-state index contributed by atoms with van der Waals surface area (Å²) in [7, 11) is 0. The zero-order valence-corrected chi connectivity index (χ0v) is 9.97. The molecule has 0 bridgehead atoms. The second kappa shape index (κ2) is 4.25. The lowest BCUT2D eigenvalue weighted by atomic mass is 9.88. The first-order chi connectivity index (χ1) is 8.34. The van der Waals surface area contributed by atoms with Crippen LogP contribution in [0.1, 0.15) is 24.2 Å². The fourth-order valence-electron chi connectivity index (χ4n) is 2.53. The van der Waals surface area contributed by atoms with Crippen molar-refractivity contribution in [1.29, 1.82) is 0 Å². The molecule has 2 atom stereocenters. The maximum Gasteiger partial charge on any atom is 0.127 e. The van der Waals surface area contributed by atoms with Crippen LogP contribution in [-0.2, 0) is 6.42 Å². The predicted molar refractivity (Wildman–Crippen MR) is 69.1 cm³/mol. The van der Waals surface area contributed by atoms with Gasteiger partial charge >= 0.3 is 0 Å². The van der Waals surface area contributed by atoms with E-state index in [-0.39, 0.29) is 6.10 Å². The van der Waals surface area contributed by atoms with Gasteiger partial charge in [0, 0.05) is 5.92 Å². The number of para-hydroxylation sites is 1. The smallest absolute Gasteiger partial charge is 0.127 e. The second-order valence-electron chi connectivity index (χ2n) is 4.74. The van der Waals surface area contributed by atoms with Crippen LogP contribution in [0.4, 0.5) is 0 Å². The fraction of sp³-hybridized carbons (Fsp3) is 0.250. The minimum atomic E-state index is 0.186. The molecule has 0 spiro atoms. The van der Waals surface area contributed by atoms with Crippen LogP contribution in [0, 0.1) is 5.92 Å². The van der Waals surface area contributed by atoms with Gasteiger partial charge in [-0.3, -0.25) is 0 Å². The van der Waals surface area contributed by atoms with Crippen molar-refractivity contribution in [2.45, 2.75) is 19.4 Å². The number of fused-ring (bicyclic) bond motifs is 1. The van der Waals surface area contributed by atoms with Crippen molar-refractivity contribution in [3.63, 3.8) is 0 Å². The van der Waals surface area contributed by atoms with E-state index in [9.17, 15) is 0 Å². The van der Waals surface area contributed by atoms with Crippen LogP contribution in [0.2, 0.25) is 0 Å². The third-order valence-corrected chi connectivity index (χ3v) is 3.41. The van der Waals surface area contributed by atoms with Crippen LogP contribution in [0.15, 0.2) is 54.6 Å². The summed E-state index contributed by atoms with van der Waals surface area (Å²) in [6.45, 7) is 2.26. The normalized spacial score (nSPS) is 22.6. The van der Waals surface area contributed by atoms with Crippen LogP contribution in [-0.4, -0.2) is 0 Å². The van der Waals surface area contributed by atoms with Crippen LogP contribution in [0.3, 0.4) is 0 Å². The van der Waals surface area contributed by atoms with Crippen molar-refractivity contribution >= 4 is 0 Å². The Bertz CT molecular complexity index is 504. The Morgan fingerprint density at radius 2 is 1.65 bits per heavy atom. The molecule has 0 unspecified atom stereocenters. The van der Waals surface area contributed by atoms with Crippen molar-refractivity contribution in [3.8, 4) is 5.75 Å². The molecule has 0 N–H and O–H groups in total. The van der Waals surface area contributed by atoms with Gasteiger partial charge in [-0.05, 0) is 23.6 Å². The summed E-state index contributed by atoms with van der Waals surface area (Å²) in [5, 5.41) is 0. The third kappa shape index (κ3) is 1.93. The van der Waals surface area contributed by atoms with Gasteiger partial charge in [-0.1, -0.05) is 55.5 Å². The lowest BCUT2D eigenvalue weighted by molar-refractivity contribution is 0.123. The van der Waals surface area contributed by atoms with Crippen molar-refractivity contribution in [1.82, 2.24) is 0 Å². The summed E-state index contributed by atoms with van der Waals surface area (Å²) >= 11 is 0. The molecule has 1 heteroatoms. The monoisotopic (exact) mass is 224 g/mol. The molecule has 1 nitrogen and oxygen atoms in total. The zero-order chi connectivity index (χ0) is 11.7. The molecule has 86 valence electrons. The maximum atomic E-state index is 6.13. The van der Waals surface area contributed by atoms with Gasteiger partial charge in [0.2, 0.25) is 0 Å². The number of benzene rings is 2. The molecule has 0 saturated heterocycles. The van der Waals surface area contributed by atoms with Gasteiger partial charge in [0.25, 0.3) is 0 Å². The third-order valence-electron chi connectivity index (χ3n) is 3.41. The number of hydrogen-bond donors (Lipinski definition) is 0. The molecule has 0 aromatic heterocycles. The summed E-state index contributed by atoms with van der Waals surface area (Å²) in [5.74, 6) is 1.56. The van der Waals surface area contributed by atoms with Crippen LogP contribution < -0.4 is 4.74 Å². The average molecular weight is 224 g/mol. The Hall–Kier alpha value is -1.76. The molecule has 1 heterocycles. The molecule has 2 aromatic carbocycles. The number of ether oxygens (including phenoxy) is 1. The van der Waals surface area contributed by atoms with Gasteiger partial charge in [0.15, 0.2) is 0 Å². The Labute approximate surface area is 102 Å². The molecule has 0 amide bonds. The Morgan fingerprint density at radius 3 is 2.47 bits per heavy atom. The van der Waals surface area contributed by atoms with Crippen LogP contribution >= 0.6 is 0 Å². The molecular formula is C16H16O. The highest BCUT2D eigenvalue weighted by molar-refractivity contribution is 5.37. The SMILES string of the molecule is C[C@H]1Cc2ccccc2O[C@H]1c1ccccc1. The minimum Gasteiger partial charge on any atom is -0.485 e. The maximum absolute atomic E-state index is 6.13. The number of hydrogen-bond acceptors (Lipinski definition) is 1. The highest BCUT2D eigenvalue weighted by Crippen LogP contribution is 2.38. The fourth-order valence-corrected chi connectivity index (χ4v) is 2.53. The second-order valence-corrected chi connectivity index (χ2v) is 4.74. The average Bonchev–Trinajstić information content (AvgIpc) is 2.39. The number of rotatable bonds is 1. The molecular weight excluding hydrogens is 208 g/mol. The molecule has 1 aliphatic rings. The van der Waals surface area contributed by atoms with Gasteiger partial charge in [0.1, 0.15) is 11.9 Å². The molecule has 0 radical (unpaired) electrons. The van der Waals surface area contributed by atoms with Crippen molar-refractivity contribution < 1.29 is 4.74 Å². The van der Waals surface area contributed by atoms with E-state index in [1.54, 1.807) is 0 Å². The van der Waals surface area contributed by atoms with E-state index in [1.165, 1.54) is 11.1 Å². The van der Waals surface area contributed by atoms with E-state index in [2.05, 4.69) is 49.4 Å². The Kier molecular flexibility index (Phi) is 2.60. The predicted octanol–water partition coefficient (Wildman–Crippen LogP) is 4.00. The molecule has 3 rings (SSSR count). The minimum absolute atomic E-state index is 0.186. The van der Waals surface area contributed by atoms with Gasteiger partial charge in [0.05, 0.1) is 0 Å². The van der Waals surface area contributed by atoms with Crippen molar-refractivity contribution in [2.24, 2.45) is 5.92 Å². The molecule has 0 saturated carbocycles. The van der Waals surface area contributed by atoms with E-state index in [0.29, 0.717) is 5.92 Å². The highest BCUT2D eigenvalue weighted by atomic mass is 16.5.